The van der Waals surface area contributed by atoms with Crippen molar-refractivity contribution < 1.29 is 9.59 Å². The Morgan fingerprint density at radius 2 is 1.46 bits per heavy atom. The monoisotopic (exact) mass is 471 g/mol. The zero-order valence-electron chi connectivity index (χ0n) is 21.1. The second-order valence-corrected chi connectivity index (χ2v) is 10.1. The van der Waals surface area contributed by atoms with Gasteiger partial charge in [0.2, 0.25) is 5.91 Å². The van der Waals surface area contributed by atoms with Gasteiger partial charge in [0.1, 0.15) is 0 Å². The normalized spacial score (nSPS) is 19.8. The van der Waals surface area contributed by atoms with E-state index in [2.05, 4.69) is 49.1 Å². The minimum Gasteiger partial charge on any atom is -0.343 e. The molecule has 0 bridgehead atoms. The summed E-state index contributed by atoms with van der Waals surface area (Å²) in [4.78, 5) is 33.4. The quantitative estimate of drug-likeness (QED) is 0.482. The van der Waals surface area contributed by atoms with Crippen molar-refractivity contribution >= 4 is 33.4 Å². The third-order valence-corrected chi connectivity index (χ3v) is 8.13. The van der Waals surface area contributed by atoms with Crippen molar-refractivity contribution in [1.82, 2.24) is 14.7 Å². The molecule has 0 unspecified atom stereocenters. The molecule has 3 aromatic rings. The molecule has 0 radical (unpaired) electrons. The average molecular weight is 472 g/mol. The summed E-state index contributed by atoms with van der Waals surface area (Å²) < 4.78 is 0. The number of piperidine rings is 2. The summed E-state index contributed by atoms with van der Waals surface area (Å²) in [5.74, 6) is 0.574. The highest BCUT2D eigenvalue weighted by Gasteiger charge is 2.34. The van der Waals surface area contributed by atoms with Gasteiger partial charge in [0.15, 0.2) is 0 Å². The Labute approximate surface area is 208 Å². The topological polar surface area (TPSA) is 43.9 Å². The molecule has 5 heteroatoms. The van der Waals surface area contributed by atoms with Crippen LogP contribution in [-0.4, -0.2) is 71.8 Å². The Hall–Kier alpha value is -2.92. The van der Waals surface area contributed by atoms with Crippen molar-refractivity contribution in [3.63, 3.8) is 0 Å². The molecule has 2 heterocycles. The Balaban J connectivity index is 1.30. The molecular weight excluding hydrogens is 434 g/mol. The minimum atomic E-state index is 0.116. The second kappa shape index (κ2) is 10.4. The lowest BCUT2D eigenvalue weighted by Gasteiger charge is -2.42. The van der Waals surface area contributed by atoms with Crippen LogP contribution in [0.4, 0.5) is 0 Å². The number of amides is 2. The summed E-state index contributed by atoms with van der Waals surface area (Å²) in [5, 5.41) is 4.29. The van der Waals surface area contributed by atoms with E-state index in [1.165, 1.54) is 0 Å². The number of carbonyl (C=O) groups is 2. The van der Waals surface area contributed by atoms with E-state index < -0.39 is 0 Å². The molecule has 0 N–H and O–H groups in total. The van der Waals surface area contributed by atoms with Crippen molar-refractivity contribution in [1.29, 1.82) is 0 Å². The van der Waals surface area contributed by atoms with E-state index in [4.69, 9.17) is 0 Å². The molecule has 2 aliphatic rings. The fourth-order valence-corrected chi connectivity index (χ4v) is 6.17. The maximum Gasteiger partial charge on any atom is 0.255 e. The molecule has 5 nitrogen and oxygen atoms in total. The number of rotatable bonds is 5. The van der Waals surface area contributed by atoms with E-state index in [9.17, 15) is 9.59 Å². The van der Waals surface area contributed by atoms with Gasteiger partial charge in [0.25, 0.3) is 5.91 Å². The molecule has 5 rings (SSSR count). The van der Waals surface area contributed by atoms with Crippen LogP contribution in [0.15, 0.2) is 54.6 Å². The Morgan fingerprint density at radius 1 is 0.857 bits per heavy atom. The van der Waals surface area contributed by atoms with Crippen LogP contribution in [-0.2, 0) is 4.79 Å². The van der Waals surface area contributed by atoms with Crippen LogP contribution >= 0.6 is 0 Å². The lowest BCUT2D eigenvalue weighted by atomic mass is 9.92. The van der Waals surface area contributed by atoms with Crippen LogP contribution in [0.5, 0.6) is 0 Å². The SMILES string of the molecule is CCN(CC)C(=O)[C@H]1CCCN(C2CCN(C(=O)c3c4ccccc4cc4ccccc34)CC2)C1. The summed E-state index contributed by atoms with van der Waals surface area (Å²) >= 11 is 0. The summed E-state index contributed by atoms with van der Waals surface area (Å²) in [7, 11) is 0. The molecule has 2 amide bonds. The first-order chi connectivity index (χ1) is 17.1. The predicted octanol–water partition coefficient (Wildman–Crippen LogP) is 5.18. The third-order valence-electron chi connectivity index (χ3n) is 8.13. The smallest absolute Gasteiger partial charge is 0.255 e. The van der Waals surface area contributed by atoms with Crippen molar-refractivity contribution in [3.05, 3.63) is 60.2 Å². The van der Waals surface area contributed by atoms with Gasteiger partial charge in [-0.2, -0.15) is 0 Å². The number of likely N-dealkylation sites (tertiary alicyclic amines) is 2. The van der Waals surface area contributed by atoms with Gasteiger partial charge in [-0.25, -0.2) is 0 Å². The molecule has 35 heavy (non-hydrogen) atoms. The van der Waals surface area contributed by atoms with Gasteiger partial charge in [0, 0.05) is 38.8 Å². The van der Waals surface area contributed by atoms with Crippen LogP contribution < -0.4 is 0 Å². The maximum atomic E-state index is 13.9. The van der Waals surface area contributed by atoms with E-state index in [1.54, 1.807) is 0 Å². The molecule has 0 saturated carbocycles. The van der Waals surface area contributed by atoms with E-state index in [0.29, 0.717) is 11.9 Å². The highest BCUT2D eigenvalue weighted by atomic mass is 16.2. The fourth-order valence-electron chi connectivity index (χ4n) is 6.17. The fraction of sp³-hybridized carbons (Fsp3) is 0.467. The Bertz CT molecular complexity index is 1160. The lowest BCUT2D eigenvalue weighted by Crippen LogP contribution is -2.52. The summed E-state index contributed by atoms with van der Waals surface area (Å²) in [5.41, 5.74) is 0.833. The van der Waals surface area contributed by atoms with E-state index in [0.717, 1.165) is 92.1 Å². The van der Waals surface area contributed by atoms with E-state index in [-0.39, 0.29) is 11.8 Å². The van der Waals surface area contributed by atoms with Crippen molar-refractivity contribution in [2.45, 2.75) is 45.6 Å². The molecule has 0 spiro atoms. The molecule has 184 valence electrons. The van der Waals surface area contributed by atoms with Crippen molar-refractivity contribution in [2.24, 2.45) is 5.92 Å². The average Bonchev–Trinajstić information content (AvgIpc) is 2.92. The molecular formula is C30H37N3O2. The van der Waals surface area contributed by atoms with Crippen LogP contribution in [0, 0.1) is 5.92 Å². The zero-order valence-corrected chi connectivity index (χ0v) is 21.1. The number of benzene rings is 3. The van der Waals surface area contributed by atoms with Crippen LogP contribution in [0.2, 0.25) is 0 Å². The summed E-state index contributed by atoms with van der Waals surface area (Å²) in [6.07, 6.45) is 4.03. The van der Waals surface area contributed by atoms with Gasteiger partial charge >= 0.3 is 0 Å². The minimum absolute atomic E-state index is 0.116. The molecule has 0 aromatic heterocycles. The lowest BCUT2D eigenvalue weighted by molar-refractivity contribution is -0.137. The second-order valence-electron chi connectivity index (χ2n) is 10.1. The molecule has 2 saturated heterocycles. The number of nitrogens with zero attached hydrogens (tertiary/aromatic N) is 3. The maximum absolute atomic E-state index is 13.9. The highest BCUT2D eigenvalue weighted by molar-refractivity contribution is 6.18. The van der Waals surface area contributed by atoms with Gasteiger partial charge in [0.05, 0.1) is 11.5 Å². The zero-order chi connectivity index (χ0) is 24.4. The summed E-state index contributed by atoms with van der Waals surface area (Å²) in [6.45, 7) is 9.17. The summed E-state index contributed by atoms with van der Waals surface area (Å²) in [6, 6.07) is 19.1. The first-order valence-corrected chi connectivity index (χ1v) is 13.3. The molecule has 1 atom stereocenters. The van der Waals surface area contributed by atoms with Crippen LogP contribution in [0.3, 0.4) is 0 Å². The third kappa shape index (κ3) is 4.66. The largest absolute Gasteiger partial charge is 0.343 e. The number of hydrogen-bond donors (Lipinski definition) is 0. The number of hydrogen-bond acceptors (Lipinski definition) is 3. The first-order valence-electron chi connectivity index (χ1n) is 13.3. The van der Waals surface area contributed by atoms with Gasteiger partial charge < -0.3 is 9.80 Å². The standard InChI is InChI=1S/C30H37N3O2/c1-3-31(4-2)29(34)24-12-9-17-33(21-24)25-15-18-32(19-16-25)30(35)28-26-13-7-5-10-22(26)20-23-11-6-8-14-27(23)28/h5-8,10-11,13-14,20,24-25H,3-4,9,12,15-19,21H2,1-2H3/t24-/m0/s1. The molecule has 2 aliphatic heterocycles. The predicted molar refractivity (Wildman–Crippen MR) is 143 cm³/mol. The molecule has 2 fully saturated rings. The molecule has 0 aliphatic carbocycles. The van der Waals surface area contributed by atoms with Crippen LogP contribution in [0.25, 0.3) is 21.5 Å². The van der Waals surface area contributed by atoms with Crippen molar-refractivity contribution in [3.8, 4) is 0 Å². The number of carbonyl (C=O) groups excluding carboxylic acids is 2. The van der Waals surface area contributed by atoms with Crippen LogP contribution in [0.1, 0.15) is 49.9 Å². The Kier molecular flexibility index (Phi) is 7.05. The molecule has 3 aromatic carbocycles. The first kappa shape index (κ1) is 23.8. The van der Waals surface area contributed by atoms with Gasteiger partial charge in [-0.1, -0.05) is 48.5 Å². The highest BCUT2D eigenvalue weighted by Crippen LogP contribution is 2.31. The van der Waals surface area contributed by atoms with Gasteiger partial charge in [-0.3, -0.25) is 14.5 Å². The van der Waals surface area contributed by atoms with Crippen molar-refractivity contribution in [2.75, 3.05) is 39.3 Å². The van der Waals surface area contributed by atoms with E-state index >= 15 is 0 Å². The van der Waals surface area contributed by atoms with E-state index in [1.807, 2.05) is 34.1 Å². The number of fused-ring (bicyclic) bond motifs is 2. The van der Waals surface area contributed by atoms with Gasteiger partial charge in [-0.15, -0.1) is 0 Å². The van der Waals surface area contributed by atoms with Gasteiger partial charge in [-0.05, 0) is 73.7 Å². The Morgan fingerprint density at radius 3 is 2.06 bits per heavy atom.